The molecule has 2 heterocycles. The molecule has 0 aliphatic carbocycles. The maximum absolute atomic E-state index is 13.4. The number of methoxy groups -OCH3 is 1. The molecule has 28 heavy (non-hydrogen) atoms. The Morgan fingerprint density at radius 2 is 1.89 bits per heavy atom. The van der Waals surface area contributed by atoms with Crippen LogP contribution in [-0.4, -0.2) is 23.6 Å². The van der Waals surface area contributed by atoms with E-state index in [1.165, 1.54) is 42.1 Å². The number of aromatic nitrogens is 1. The van der Waals surface area contributed by atoms with Crippen LogP contribution in [0.5, 0.6) is 0 Å². The van der Waals surface area contributed by atoms with E-state index in [0.717, 1.165) is 0 Å². The minimum absolute atomic E-state index is 0.0408. The molecular weight excluding hydrogens is 385 g/mol. The van der Waals surface area contributed by atoms with Crippen molar-refractivity contribution in [1.29, 1.82) is 0 Å². The van der Waals surface area contributed by atoms with Gasteiger partial charge >= 0.3 is 5.97 Å². The monoisotopic (exact) mass is 397 g/mol. The second-order valence-corrected chi connectivity index (χ2v) is 6.43. The average Bonchev–Trinajstić information content (AvgIpc) is 3.34. The highest BCUT2D eigenvalue weighted by molar-refractivity contribution is 6.31. The summed E-state index contributed by atoms with van der Waals surface area (Å²) < 4.78 is 25.1. The average molecular weight is 398 g/mol. The zero-order valence-electron chi connectivity index (χ0n) is 14.6. The fraction of sp³-hybridized carbons (Fsp3) is 0.0476. The van der Waals surface area contributed by atoms with Crippen molar-refractivity contribution in [2.24, 2.45) is 0 Å². The van der Waals surface area contributed by atoms with Gasteiger partial charge < -0.3 is 9.15 Å². The molecule has 0 fully saturated rings. The zero-order valence-corrected chi connectivity index (χ0v) is 15.4. The molecule has 4 aromatic rings. The van der Waals surface area contributed by atoms with Gasteiger partial charge in [0.15, 0.2) is 5.76 Å². The van der Waals surface area contributed by atoms with E-state index >= 15 is 0 Å². The Kier molecular flexibility index (Phi) is 4.49. The van der Waals surface area contributed by atoms with Crippen molar-refractivity contribution >= 4 is 34.4 Å². The van der Waals surface area contributed by atoms with Crippen LogP contribution in [0.15, 0.2) is 65.2 Å². The Labute approximate surface area is 163 Å². The predicted molar refractivity (Wildman–Crippen MR) is 102 cm³/mol. The molecule has 0 bridgehead atoms. The van der Waals surface area contributed by atoms with Crippen molar-refractivity contribution in [1.82, 2.24) is 4.57 Å². The lowest BCUT2D eigenvalue weighted by Gasteiger charge is -2.02. The fourth-order valence-electron chi connectivity index (χ4n) is 3.00. The summed E-state index contributed by atoms with van der Waals surface area (Å²) in [5, 5.41) is 0.556. The number of furan rings is 1. The summed E-state index contributed by atoms with van der Waals surface area (Å²) >= 11 is 5.81. The number of ether oxygens (including phenoxy) is 1. The fourth-order valence-corrected chi connectivity index (χ4v) is 3.18. The summed E-state index contributed by atoms with van der Waals surface area (Å²) in [7, 11) is 1.28. The first-order valence-electron chi connectivity index (χ1n) is 8.28. The Bertz CT molecular complexity index is 1220. The molecule has 7 heteroatoms. The van der Waals surface area contributed by atoms with Gasteiger partial charge in [-0.2, -0.15) is 0 Å². The Morgan fingerprint density at radius 1 is 1.11 bits per heavy atom. The summed E-state index contributed by atoms with van der Waals surface area (Å²) in [6, 6.07) is 14.3. The lowest BCUT2D eigenvalue weighted by molar-refractivity contribution is 0.0603. The number of benzene rings is 2. The van der Waals surface area contributed by atoms with E-state index in [9.17, 15) is 14.0 Å². The number of para-hydroxylation sites is 1. The first-order valence-corrected chi connectivity index (χ1v) is 8.65. The highest BCUT2D eigenvalue weighted by Gasteiger charge is 2.21. The summed E-state index contributed by atoms with van der Waals surface area (Å²) in [4.78, 5) is 25.0. The lowest BCUT2D eigenvalue weighted by Crippen LogP contribution is -2.10. The SMILES string of the molecule is COC(=O)c1cn(C(=O)c2ccc(-c3ccc(F)c(Cl)c3)o2)c2ccccc12. The van der Waals surface area contributed by atoms with Crippen LogP contribution in [0.4, 0.5) is 4.39 Å². The zero-order chi connectivity index (χ0) is 19.8. The molecule has 0 saturated carbocycles. The third-order valence-electron chi connectivity index (χ3n) is 4.36. The molecule has 0 aliphatic rings. The number of hydrogen-bond acceptors (Lipinski definition) is 4. The molecule has 0 saturated heterocycles. The number of halogens is 2. The third-order valence-corrected chi connectivity index (χ3v) is 4.65. The van der Waals surface area contributed by atoms with Gasteiger partial charge in [0.1, 0.15) is 11.6 Å². The van der Waals surface area contributed by atoms with Crippen LogP contribution in [0.3, 0.4) is 0 Å². The molecule has 5 nitrogen and oxygen atoms in total. The molecule has 0 N–H and O–H groups in total. The normalized spacial score (nSPS) is 11.0. The summed E-state index contributed by atoms with van der Waals surface area (Å²) in [6.45, 7) is 0. The van der Waals surface area contributed by atoms with E-state index in [1.54, 1.807) is 30.3 Å². The first kappa shape index (κ1) is 18.0. The topological polar surface area (TPSA) is 61.4 Å². The second-order valence-electron chi connectivity index (χ2n) is 6.02. The van der Waals surface area contributed by atoms with Gasteiger partial charge in [0.05, 0.1) is 23.2 Å². The van der Waals surface area contributed by atoms with Crippen molar-refractivity contribution in [2.75, 3.05) is 7.11 Å². The van der Waals surface area contributed by atoms with Gasteiger partial charge in [-0.25, -0.2) is 9.18 Å². The van der Waals surface area contributed by atoms with Crippen LogP contribution >= 0.6 is 11.6 Å². The molecule has 0 radical (unpaired) electrons. The summed E-state index contributed by atoms with van der Waals surface area (Å²) in [6.07, 6.45) is 1.43. The molecule has 140 valence electrons. The first-order chi connectivity index (χ1) is 13.5. The van der Waals surface area contributed by atoms with E-state index in [0.29, 0.717) is 22.2 Å². The van der Waals surface area contributed by atoms with E-state index in [1.807, 2.05) is 0 Å². The van der Waals surface area contributed by atoms with E-state index in [2.05, 4.69) is 0 Å². The molecule has 0 unspecified atom stereocenters. The maximum atomic E-state index is 13.4. The quantitative estimate of drug-likeness (QED) is 0.447. The third kappa shape index (κ3) is 2.97. The van der Waals surface area contributed by atoms with Crippen molar-refractivity contribution in [3.8, 4) is 11.3 Å². The van der Waals surface area contributed by atoms with Gasteiger partial charge in [0.25, 0.3) is 5.91 Å². The minimum atomic E-state index is -0.539. The van der Waals surface area contributed by atoms with Crippen LogP contribution in [0.25, 0.3) is 22.2 Å². The lowest BCUT2D eigenvalue weighted by atomic mass is 10.2. The smallest absolute Gasteiger partial charge is 0.340 e. The van der Waals surface area contributed by atoms with Crippen LogP contribution in [-0.2, 0) is 4.74 Å². The van der Waals surface area contributed by atoms with Crippen LogP contribution in [0, 0.1) is 5.82 Å². The summed E-state index contributed by atoms with van der Waals surface area (Å²) in [5.41, 5.74) is 1.37. The molecule has 2 aromatic heterocycles. The number of esters is 1. The predicted octanol–water partition coefficient (Wildman–Crippen LogP) is 5.17. The molecule has 4 rings (SSSR count). The standard InChI is InChI=1S/C21H13ClFNO4/c1-27-21(26)14-11-24(17-5-3-2-4-13(14)17)20(25)19-9-8-18(28-19)12-6-7-16(23)15(22)10-12/h2-11H,1H3. The van der Waals surface area contributed by atoms with Crippen molar-refractivity contribution < 1.29 is 23.1 Å². The van der Waals surface area contributed by atoms with Crippen LogP contribution in [0.2, 0.25) is 5.02 Å². The number of rotatable bonds is 3. The van der Waals surface area contributed by atoms with Crippen LogP contribution < -0.4 is 0 Å². The molecule has 0 aliphatic heterocycles. The minimum Gasteiger partial charge on any atom is -0.465 e. The Hall–Kier alpha value is -3.38. The maximum Gasteiger partial charge on any atom is 0.340 e. The van der Waals surface area contributed by atoms with Crippen molar-refractivity contribution in [3.05, 3.63) is 83.0 Å². The van der Waals surface area contributed by atoms with Crippen molar-refractivity contribution in [2.45, 2.75) is 0 Å². The molecule has 2 aromatic carbocycles. The van der Waals surface area contributed by atoms with Gasteiger partial charge in [-0.1, -0.05) is 29.8 Å². The molecular formula is C21H13ClFNO4. The van der Waals surface area contributed by atoms with E-state index < -0.39 is 17.7 Å². The highest BCUT2D eigenvalue weighted by atomic mass is 35.5. The largest absolute Gasteiger partial charge is 0.465 e. The van der Waals surface area contributed by atoms with Crippen LogP contribution in [0.1, 0.15) is 20.9 Å². The number of hydrogen-bond donors (Lipinski definition) is 0. The molecule has 0 amide bonds. The number of carbonyl (C=O) groups excluding carboxylic acids is 2. The van der Waals surface area contributed by atoms with Gasteiger partial charge in [0, 0.05) is 17.1 Å². The highest BCUT2D eigenvalue weighted by Crippen LogP contribution is 2.28. The second kappa shape index (κ2) is 6.98. The van der Waals surface area contributed by atoms with E-state index in [4.69, 9.17) is 20.8 Å². The number of nitrogens with zero attached hydrogens (tertiary/aromatic N) is 1. The number of fused-ring (bicyclic) bond motifs is 1. The van der Waals surface area contributed by atoms with Gasteiger partial charge in [-0.05, 0) is 36.4 Å². The Balaban J connectivity index is 1.76. The van der Waals surface area contributed by atoms with E-state index in [-0.39, 0.29) is 16.3 Å². The molecule has 0 spiro atoms. The molecule has 0 atom stereocenters. The summed E-state index contributed by atoms with van der Waals surface area (Å²) in [5.74, 6) is -1.10. The van der Waals surface area contributed by atoms with Crippen molar-refractivity contribution in [3.63, 3.8) is 0 Å². The van der Waals surface area contributed by atoms with Gasteiger partial charge in [-0.3, -0.25) is 9.36 Å². The van der Waals surface area contributed by atoms with Gasteiger partial charge in [-0.15, -0.1) is 0 Å². The number of carbonyl (C=O) groups is 2. The Morgan fingerprint density at radius 3 is 2.64 bits per heavy atom. The van der Waals surface area contributed by atoms with Gasteiger partial charge in [0.2, 0.25) is 0 Å².